The highest BCUT2D eigenvalue weighted by atomic mass is 19.1. The van der Waals surface area contributed by atoms with Crippen molar-refractivity contribution >= 4 is 22.9 Å². The molecule has 1 heterocycles. The van der Waals surface area contributed by atoms with Gasteiger partial charge in [0.1, 0.15) is 17.6 Å². The van der Waals surface area contributed by atoms with Gasteiger partial charge in [-0.25, -0.2) is 13.6 Å². The first kappa shape index (κ1) is 17.2. The number of fused-ring (bicyclic) bond motifs is 1. The fraction of sp³-hybridized carbons (Fsp3) is 0.0526. The third kappa shape index (κ3) is 3.26. The number of nitrogens with one attached hydrogen (secondary N) is 1. The lowest BCUT2D eigenvalue weighted by atomic mass is 10.1. The van der Waals surface area contributed by atoms with E-state index in [2.05, 4.69) is 9.72 Å². The average Bonchev–Trinajstić information content (AvgIpc) is 3.10. The van der Waals surface area contributed by atoms with Crippen molar-refractivity contribution in [3.05, 3.63) is 65.4 Å². The summed E-state index contributed by atoms with van der Waals surface area (Å²) in [6.45, 7) is 0. The maximum Gasteiger partial charge on any atom is 0.330 e. The molecule has 0 atom stereocenters. The Labute approximate surface area is 147 Å². The van der Waals surface area contributed by atoms with Crippen molar-refractivity contribution in [1.29, 1.82) is 5.26 Å². The Morgan fingerprint density at radius 3 is 2.77 bits per heavy atom. The maximum atomic E-state index is 14.6. The molecule has 3 aromatic rings. The lowest BCUT2D eigenvalue weighted by Crippen LogP contribution is -1.96. The molecule has 0 unspecified atom stereocenters. The molecule has 3 rings (SSSR count). The smallest absolute Gasteiger partial charge is 0.330 e. The zero-order valence-electron chi connectivity index (χ0n) is 13.5. The monoisotopic (exact) mass is 354 g/mol. The average molecular weight is 354 g/mol. The van der Waals surface area contributed by atoms with Crippen LogP contribution in [0.1, 0.15) is 11.1 Å². The number of aromatic amines is 1. The molecule has 0 fully saturated rings. The molecule has 0 aliphatic carbocycles. The second-order valence-electron chi connectivity index (χ2n) is 5.25. The fourth-order valence-electron chi connectivity index (χ4n) is 2.44. The Bertz CT molecular complexity index is 1060. The third-order valence-corrected chi connectivity index (χ3v) is 3.67. The molecule has 5 nitrogen and oxygen atoms in total. The standard InChI is InChI=1S/C19H12F2N2O3/c1-25-18(24)5-3-14-13-6-7-23-17(13)9-16(21)19(14)26-12-2-4-15(20)11(8-12)10-22/h2-9,23H,1H3/b5-3+. The van der Waals surface area contributed by atoms with Gasteiger partial charge in [-0.2, -0.15) is 5.26 Å². The molecule has 0 aliphatic rings. The maximum absolute atomic E-state index is 14.6. The van der Waals surface area contributed by atoms with Crippen LogP contribution in [0, 0.1) is 23.0 Å². The van der Waals surface area contributed by atoms with E-state index in [1.54, 1.807) is 18.3 Å². The van der Waals surface area contributed by atoms with Gasteiger partial charge in [0, 0.05) is 40.9 Å². The molecule has 0 amide bonds. The van der Waals surface area contributed by atoms with Crippen molar-refractivity contribution in [3.63, 3.8) is 0 Å². The summed E-state index contributed by atoms with van der Waals surface area (Å²) >= 11 is 0. The van der Waals surface area contributed by atoms with E-state index >= 15 is 0 Å². The molecule has 0 bridgehead atoms. The first-order valence-electron chi connectivity index (χ1n) is 7.46. The number of carbonyl (C=O) groups is 1. The first-order valence-corrected chi connectivity index (χ1v) is 7.46. The predicted octanol–water partition coefficient (Wildman–Crippen LogP) is 4.30. The van der Waals surface area contributed by atoms with Crippen molar-refractivity contribution in [2.45, 2.75) is 0 Å². The number of ether oxygens (including phenoxy) is 2. The SMILES string of the molecule is COC(=O)/C=C/c1c(Oc2ccc(F)c(C#N)c2)c(F)cc2[nH]ccc12. The van der Waals surface area contributed by atoms with Crippen LogP contribution in [0.5, 0.6) is 11.5 Å². The van der Waals surface area contributed by atoms with Crippen LogP contribution in [0.25, 0.3) is 17.0 Å². The van der Waals surface area contributed by atoms with Gasteiger partial charge >= 0.3 is 5.97 Å². The quantitative estimate of drug-likeness (QED) is 0.560. The Morgan fingerprint density at radius 1 is 1.23 bits per heavy atom. The third-order valence-electron chi connectivity index (χ3n) is 3.67. The number of nitrogens with zero attached hydrogens (tertiary/aromatic N) is 1. The van der Waals surface area contributed by atoms with Crippen molar-refractivity contribution in [3.8, 4) is 17.6 Å². The highest BCUT2D eigenvalue weighted by molar-refractivity contribution is 5.96. The molecule has 26 heavy (non-hydrogen) atoms. The number of hydrogen-bond donors (Lipinski definition) is 1. The zero-order chi connectivity index (χ0) is 18.7. The van der Waals surface area contributed by atoms with Crippen LogP contribution in [0.2, 0.25) is 0 Å². The van der Waals surface area contributed by atoms with Crippen LogP contribution >= 0.6 is 0 Å². The summed E-state index contributed by atoms with van der Waals surface area (Å²) in [5.41, 5.74) is 0.586. The fourth-order valence-corrected chi connectivity index (χ4v) is 2.44. The van der Waals surface area contributed by atoms with Crippen LogP contribution in [0.3, 0.4) is 0 Å². The molecule has 1 aromatic heterocycles. The number of H-pyrrole nitrogens is 1. The molecule has 7 heteroatoms. The predicted molar refractivity (Wildman–Crippen MR) is 90.5 cm³/mol. The normalized spacial score (nSPS) is 10.8. The molecule has 2 aromatic carbocycles. The minimum atomic E-state index is -0.702. The minimum absolute atomic E-state index is 0.0875. The molecule has 0 radical (unpaired) electrons. The van der Waals surface area contributed by atoms with E-state index in [4.69, 9.17) is 10.00 Å². The molecule has 0 saturated heterocycles. The van der Waals surface area contributed by atoms with Crippen LogP contribution in [0.15, 0.2) is 42.6 Å². The summed E-state index contributed by atoms with van der Waals surface area (Å²) in [6, 6.07) is 8.15. The largest absolute Gasteiger partial charge is 0.466 e. The van der Waals surface area contributed by atoms with Gasteiger partial charge in [0.2, 0.25) is 0 Å². The number of carbonyl (C=O) groups excluding carboxylic acids is 1. The summed E-state index contributed by atoms with van der Waals surface area (Å²) in [5.74, 6) is -2.07. The summed E-state index contributed by atoms with van der Waals surface area (Å²) in [6.07, 6.45) is 4.13. The van der Waals surface area contributed by atoms with Gasteiger partial charge < -0.3 is 14.5 Å². The van der Waals surface area contributed by atoms with Crippen LogP contribution < -0.4 is 4.74 Å². The van der Waals surface area contributed by atoms with Crippen molar-refractivity contribution in [1.82, 2.24) is 4.98 Å². The Kier molecular flexibility index (Phi) is 4.67. The van der Waals surface area contributed by atoms with Crippen molar-refractivity contribution in [2.24, 2.45) is 0 Å². The first-order chi connectivity index (χ1) is 12.5. The highest BCUT2D eigenvalue weighted by Gasteiger charge is 2.16. The summed E-state index contributed by atoms with van der Waals surface area (Å²) in [4.78, 5) is 14.3. The summed E-state index contributed by atoms with van der Waals surface area (Å²) in [7, 11) is 1.23. The summed E-state index contributed by atoms with van der Waals surface area (Å²) < 4.78 is 38.2. The van der Waals surface area contributed by atoms with Crippen molar-refractivity contribution in [2.75, 3.05) is 7.11 Å². The lowest BCUT2D eigenvalue weighted by Gasteiger charge is -2.12. The molecular weight excluding hydrogens is 342 g/mol. The number of aromatic nitrogens is 1. The van der Waals surface area contributed by atoms with E-state index in [0.717, 1.165) is 12.1 Å². The Morgan fingerprint density at radius 2 is 2.04 bits per heavy atom. The van der Waals surface area contributed by atoms with E-state index < -0.39 is 17.6 Å². The molecular formula is C19H12F2N2O3. The molecule has 0 spiro atoms. The number of nitriles is 1. The second kappa shape index (κ2) is 7.07. The zero-order valence-corrected chi connectivity index (χ0v) is 13.5. The van der Waals surface area contributed by atoms with Gasteiger partial charge in [-0.3, -0.25) is 0 Å². The van der Waals surface area contributed by atoms with Gasteiger partial charge in [-0.1, -0.05) is 0 Å². The molecule has 0 saturated carbocycles. The van der Waals surface area contributed by atoms with Gasteiger partial charge in [0.05, 0.1) is 12.7 Å². The van der Waals surface area contributed by atoms with Gasteiger partial charge in [0.25, 0.3) is 0 Å². The van der Waals surface area contributed by atoms with Crippen LogP contribution in [0.4, 0.5) is 8.78 Å². The van der Waals surface area contributed by atoms with Gasteiger partial charge in [-0.15, -0.1) is 0 Å². The van der Waals surface area contributed by atoms with Gasteiger partial charge in [-0.05, 0) is 24.3 Å². The minimum Gasteiger partial charge on any atom is -0.466 e. The number of hydrogen-bond acceptors (Lipinski definition) is 4. The lowest BCUT2D eigenvalue weighted by molar-refractivity contribution is -0.134. The number of halogens is 2. The van der Waals surface area contributed by atoms with E-state index in [1.807, 2.05) is 0 Å². The van der Waals surface area contributed by atoms with Crippen LogP contribution in [-0.2, 0) is 9.53 Å². The van der Waals surface area contributed by atoms with E-state index in [0.29, 0.717) is 16.5 Å². The van der Waals surface area contributed by atoms with E-state index in [9.17, 15) is 13.6 Å². The summed E-state index contributed by atoms with van der Waals surface area (Å²) in [5, 5.41) is 9.53. The number of methoxy groups -OCH3 is 1. The number of rotatable bonds is 4. The molecule has 130 valence electrons. The van der Waals surface area contributed by atoms with Crippen LogP contribution in [-0.4, -0.2) is 18.1 Å². The van der Waals surface area contributed by atoms with E-state index in [1.165, 1.54) is 31.4 Å². The number of esters is 1. The highest BCUT2D eigenvalue weighted by Crippen LogP contribution is 2.35. The number of benzene rings is 2. The molecule has 1 N–H and O–H groups in total. The Balaban J connectivity index is 2.12. The topological polar surface area (TPSA) is 75.1 Å². The van der Waals surface area contributed by atoms with E-state index in [-0.39, 0.29) is 17.1 Å². The second-order valence-corrected chi connectivity index (χ2v) is 5.25. The van der Waals surface area contributed by atoms with Crippen molar-refractivity contribution < 1.29 is 23.0 Å². The molecule has 0 aliphatic heterocycles. The Hall–Kier alpha value is -3.66. The van der Waals surface area contributed by atoms with Gasteiger partial charge in [0.15, 0.2) is 11.6 Å².